The van der Waals surface area contributed by atoms with Crippen LogP contribution in [-0.4, -0.2) is 49.5 Å². The molecule has 1 N–H and O–H groups in total. The van der Waals surface area contributed by atoms with Crippen LogP contribution < -0.4 is 0 Å². The van der Waals surface area contributed by atoms with Crippen LogP contribution in [0.5, 0.6) is 0 Å². The number of hydrogen-bond acceptors (Lipinski definition) is 5. The summed E-state index contributed by atoms with van der Waals surface area (Å²) in [7, 11) is 1.46. The van der Waals surface area contributed by atoms with E-state index in [2.05, 4.69) is 10.0 Å². The Balaban J connectivity index is 2.23. The molecule has 0 amide bonds. The van der Waals surface area contributed by atoms with Crippen LogP contribution in [0.1, 0.15) is 0 Å². The van der Waals surface area contributed by atoms with Crippen molar-refractivity contribution in [2.45, 2.75) is 30.6 Å². The second kappa shape index (κ2) is 3.72. The highest BCUT2D eigenvalue weighted by atomic mass is 16.7. The molecule has 7 nitrogen and oxygen atoms in total. The third-order valence-corrected chi connectivity index (χ3v) is 2.52. The number of methoxy groups -OCH3 is 1. The Hall–Kier alpha value is -0.850. The lowest BCUT2D eigenvalue weighted by molar-refractivity contribution is -0.185. The molecule has 0 radical (unpaired) electrons. The zero-order valence-corrected chi connectivity index (χ0v) is 7.61. The molecule has 14 heavy (non-hydrogen) atoms. The Bertz CT molecular complexity index is 268. The van der Waals surface area contributed by atoms with Gasteiger partial charge in [0.25, 0.3) is 0 Å². The minimum absolute atomic E-state index is 0.309. The maximum Gasteiger partial charge on any atom is 0.169 e. The van der Waals surface area contributed by atoms with Crippen molar-refractivity contribution < 1.29 is 19.3 Å². The average Bonchev–Trinajstić information content (AvgIpc) is 2.61. The average molecular weight is 201 g/mol. The summed E-state index contributed by atoms with van der Waals surface area (Å²) in [6.45, 7) is 0.309. The fourth-order valence-electron chi connectivity index (χ4n) is 1.83. The molecule has 2 bridgehead atoms. The Labute approximate surface area is 80.2 Å². The van der Waals surface area contributed by atoms with E-state index in [1.54, 1.807) is 0 Å². The van der Waals surface area contributed by atoms with Crippen molar-refractivity contribution in [3.63, 3.8) is 0 Å². The normalized spacial score (nSPS) is 46.0. The summed E-state index contributed by atoms with van der Waals surface area (Å²) in [6, 6.07) is -0.626. The van der Waals surface area contributed by atoms with E-state index < -0.39 is 24.5 Å². The van der Waals surface area contributed by atoms with E-state index in [1.165, 1.54) is 7.11 Å². The summed E-state index contributed by atoms with van der Waals surface area (Å²) in [5.74, 6) is 0. The number of azide groups is 1. The molecule has 2 aliphatic heterocycles. The van der Waals surface area contributed by atoms with Crippen LogP contribution in [0.25, 0.3) is 10.4 Å². The molecule has 5 atom stereocenters. The summed E-state index contributed by atoms with van der Waals surface area (Å²) in [4.78, 5) is 2.68. The van der Waals surface area contributed by atoms with E-state index in [1.807, 2.05) is 0 Å². The van der Waals surface area contributed by atoms with E-state index in [9.17, 15) is 5.11 Å². The highest BCUT2D eigenvalue weighted by Gasteiger charge is 2.50. The molecule has 7 heteroatoms. The van der Waals surface area contributed by atoms with Crippen LogP contribution in [0, 0.1) is 0 Å². The first-order valence-electron chi connectivity index (χ1n) is 4.30. The van der Waals surface area contributed by atoms with Crippen LogP contribution in [0.2, 0.25) is 0 Å². The zero-order chi connectivity index (χ0) is 10.1. The molecule has 0 spiro atoms. The number of hydrogen-bond donors (Lipinski definition) is 1. The molecule has 78 valence electrons. The molecule has 0 aromatic rings. The van der Waals surface area contributed by atoms with Crippen molar-refractivity contribution >= 4 is 0 Å². The van der Waals surface area contributed by atoms with E-state index in [-0.39, 0.29) is 6.10 Å². The standard InChI is InChI=1S/C7H11N3O4/c1-12-6-4(9-10-8)7-13-2-3(14-7)5(6)11/h3-7,11H,2H2,1H3/t3?,4?,5-,6-,7+/m0/s1. The Morgan fingerprint density at radius 2 is 2.43 bits per heavy atom. The molecular formula is C7H11N3O4. The Morgan fingerprint density at radius 3 is 3.07 bits per heavy atom. The molecular weight excluding hydrogens is 190 g/mol. The molecule has 2 fully saturated rings. The van der Waals surface area contributed by atoms with Crippen LogP contribution in [0.4, 0.5) is 0 Å². The van der Waals surface area contributed by atoms with E-state index in [4.69, 9.17) is 19.7 Å². The monoisotopic (exact) mass is 201 g/mol. The molecule has 2 aliphatic rings. The first kappa shape index (κ1) is 9.70. The summed E-state index contributed by atoms with van der Waals surface area (Å²) in [5.41, 5.74) is 8.36. The minimum Gasteiger partial charge on any atom is -0.388 e. The number of aliphatic hydroxyl groups excluding tert-OH is 1. The second-order valence-corrected chi connectivity index (χ2v) is 3.26. The number of rotatable bonds is 2. The third-order valence-electron chi connectivity index (χ3n) is 2.52. The lowest BCUT2D eigenvalue weighted by Gasteiger charge is -2.35. The maximum atomic E-state index is 9.74. The molecule has 2 unspecified atom stereocenters. The van der Waals surface area contributed by atoms with Gasteiger partial charge in [0.2, 0.25) is 0 Å². The summed E-state index contributed by atoms with van der Waals surface area (Å²) < 4.78 is 15.6. The lowest BCUT2D eigenvalue weighted by atomic mass is 9.99. The summed E-state index contributed by atoms with van der Waals surface area (Å²) in [5, 5.41) is 13.2. The molecule has 0 aromatic carbocycles. The fraction of sp³-hybridized carbons (Fsp3) is 1.00. The summed E-state index contributed by atoms with van der Waals surface area (Å²) in [6.07, 6.45) is -2.34. The molecule has 0 aromatic heterocycles. The minimum atomic E-state index is -0.811. The Morgan fingerprint density at radius 1 is 1.64 bits per heavy atom. The molecule has 0 saturated carbocycles. The van der Waals surface area contributed by atoms with Crippen LogP contribution >= 0.6 is 0 Å². The van der Waals surface area contributed by atoms with Gasteiger partial charge in [-0.2, -0.15) is 0 Å². The second-order valence-electron chi connectivity index (χ2n) is 3.26. The van der Waals surface area contributed by atoms with Crippen molar-refractivity contribution in [3.05, 3.63) is 10.4 Å². The third kappa shape index (κ3) is 1.35. The van der Waals surface area contributed by atoms with Gasteiger partial charge >= 0.3 is 0 Å². The van der Waals surface area contributed by atoms with Gasteiger partial charge in [-0.15, -0.1) is 0 Å². The van der Waals surface area contributed by atoms with Gasteiger partial charge in [-0.3, -0.25) is 0 Å². The van der Waals surface area contributed by atoms with Crippen LogP contribution in [0.15, 0.2) is 5.11 Å². The van der Waals surface area contributed by atoms with Gasteiger partial charge in [0.1, 0.15) is 18.2 Å². The first-order valence-corrected chi connectivity index (χ1v) is 4.30. The fourth-order valence-corrected chi connectivity index (χ4v) is 1.83. The van der Waals surface area contributed by atoms with E-state index >= 15 is 0 Å². The van der Waals surface area contributed by atoms with Gasteiger partial charge in [-0.1, -0.05) is 5.11 Å². The molecule has 2 rings (SSSR count). The highest BCUT2D eigenvalue weighted by molar-refractivity contribution is 4.97. The lowest BCUT2D eigenvalue weighted by Crippen LogP contribution is -2.53. The number of nitrogens with zero attached hydrogens (tertiary/aromatic N) is 3. The molecule has 2 saturated heterocycles. The van der Waals surface area contributed by atoms with Gasteiger partial charge < -0.3 is 19.3 Å². The maximum absolute atomic E-state index is 9.74. The number of aliphatic hydroxyl groups is 1. The highest BCUT2D eigenvalue weighted by Crippen LogP contribution is 2.31. The van der Waals surface area contributed by atoms with Gasteiger partial charge in [-0.05, 0) is 5.53 Å². The zero-order valence-electron chi connectivity index (χ0n) is 7.61. The predicted molar refractivity (Wildman–Crippen MR) is 44.4 cm³/mol. The van der Waals surface area contributed by atoms with E-state index in [0.29, 0.717) is 6.61 Å². The topological polar surface area (TPSA) is 96.7 Å². The quantitative estimate of drug-likeness (QED) is 0.380. The SMILES string of the molecule is CO[C@H]1C(N=[N+]=[N-])[C@@H]2OCC(O2)[C@@H]1O. The van der Waals surface area contributed by atoms with Gasteiger partial charge in [-0.25, -0.2) is 0 Å². The van der Waals surface area contributed by atoms with Gasteiger partial charge in [0, 0.05) is 12.0 Å². The molecule has 0 aliphatic carbocycles. The summed E-state index contributed by atoms with van der Waals surface area (Å²) >= 11 is 0. The van der Waals surface area contributed by atoms with Crippen molar-refractivity contribution in [1.82, 2.24) is 0 Å². The van der Waals surface area contributed by atoms with Gasteiger partial charge in [0.15, 0.2) is 6.29 Å². The predicted octanol–water partition coefficient (Wildman–Crippen LogP) is -0.204. The Kier molecular flexibility index (Phi) is 2.58. The van der Waals surface area contributed by atoms with Crippen LogP contribution in [-0.2, 0) is 14.2 Å². The van der Waals surface area contributed by atoms with E-state index in [0.717, 1.165) is 0 Å². The largest absolute Gasteiger partial charge is 0.388 e. The first-order chi connectivity index (χ1) is 6.77. The van der Waals surface area contributed by atoms with Crippen molar-refractivity contribution in [2.75, 3.05) is 13.7 Å². The van der Waals surface area contributed by atoms with Crippen molar-refractivity contribution in [3.8, 4) is 0 Å². The van der Waals surface area contributed by atoms with Crippen molar-refractivity contribution in [1.29, 1.82) is 0 Å². The van der Waals surface area contributed by atoms with Crippen molar-refractivity contribution in [2.24, 2.45) is 5.11 Å². The van der Waals surface area contributed by atoms with Crippen LogP contribution in [0.3, 0.4) is 0 Å². The number of ether oxygens (including phenoxy) is 3. The molecule has 2 heterocycles. The van der Waals surface area contributed by atoms with Gasteiger partial charge in [0.05, 0.1) is 12.7 Å². The smallest absolute Gasteiger partial charge is 0.169 e. The number of fused-ring (bicyclic) bond motifs is 2.